The third-order valence-corrected chi connectivity index (χ3v) is 0.782. The van der Waals surface area contributed by atoms with Crippen LogP contribution in [0.4, 0.5) is 0 Å². The van der Waals surface area contributed by atoms with E-state index in [9.17, 15) is 0 Å². The van der Waals surface area contributed by atoms with E-state index in [1.165, 1.54) is 6.21 Å². The fourth-order valence-corrected chi connectivity index (χ4v) is 0.401. The highest BCUT2D eigenvalue weighted by Gasteiger charge is 1.81. The van der Waals surface area contributed by atoms with Gasteiger partial charge in [-0.2, -0.15) is 4.79 Å². The number of nitrogens with zero attached hydrogens (tertiary/aromatic N) is 2. The van der Waals surface area contributed by atoms with Gasteiger partial charge in [-0.1, -0.05) is 6.92 Å². The van der Waals surface area contributed by atoms with E-state index < -0.39 is 0 Å². The lowest BCUT2D eigenvalue weighted by molar-refractivity contribution is 0.000964. The maximum absolute atomic E-state index is 7.91. The topological polar surface area (TPSA) is 48.4 Å². The molecule has 0 rings (SSSR count). The predicted molar refractivity (Wildman–Crippen MR) is 32.8 cm³/mol. The van der Waals surface area contributed by atoms with Gasteiger partial charge in [0.1, 0.15) is 0 Å². The van der Waals surface area contributed by atoms with Crippen LogP contribution in [0, 0.1) is 0 Å². The standard InChI is InChI=1S/C5H11N3/c1-2-7-4-3-5-8-6/h5,7H,2-4H2,1H3. The highest BCUT2D eigenvalue weighted by molar-refractivity contribution is 5.50. The summed E-state index contributed by atoms with van der Waals surface area (Å²) in [7, 11) is 0. The molecule has 46 valence electrons. The van der Waals surface area contributed by atoms with Crippen LogP contribution in [0.2, 0.25) is 0 Å². The van der Waals surface area contributed by atoms with Gasteiger partial charge in [0.25, 0.3) is 6.21 Å². The molecule has 0 unspecified atom stereocenters. The van der Waals surface area contributed by atoms with E-state index >= 15 is 0 Å². The average molecular weight is 113 g/mol. The largest absolute Gasteiger partial charge is 0.362 e. The molecule has 0 spiro atoms. The molecular formula is C5H11N3. The first-order valence-corrected chi connectivity index (χ1v) is 2.78. The second-order valence-corrected chi connectivity index (χ2v) is 1.44. The Hall–Kier alpha value is -0.660. The number of rotatable bonds is 4. The van der Waals surface area contributed by atoms with Crippen molar-refractivity contribution in [2.45, 2.75) is 13.3 Å². The Morgan fingerprint density at radius 2 is 2.50 bits per heavy atom. The minimum absolute atomic E-state index is 0.796. The van der Waals surface area contributed by atoms with E-state index in [0.717, 1.165) is 19.5 Å². The molecule has 0 radical (unpaired) electrons. The Morgan fingerprint density at radius 3 is 3.00 bits per heavy atom. The molecule has 0 aliphatic carbocycles. The minimum Gasteiger partial charge on any atom is -0.362 e. The lowest BCUT2D eigenvalue weighted by atomic mass is 10.4. The Morgan fingerprint density at radius 1 is 1.75 bits per heavy atom. The molecule has 0 aromatic carbocycles. The maximum Gasteiger partial charge on any atom is 0.258 e. The highest BCUT2D eigenvalue weighted by atomic mass is 14.9. The zero-order chi connectivity index (χ0) is 6.24. The van der Waals surface area contributed by atoms with Gasteiger partial charge in [0.05, 0.1) is 6.42 Å². The Balaban J connectivity index is 2.82. The van der Waals surface area contributed by atoms with Crippen LogP contribution in [0.5, 0.6) is 0 Å². The third kappa shape index (κ3) is 5.34. The first-order valence-electron chi connectivity index (χ1n) is 2.78. The van der Waals surface area contributed by atoms with Crippen molar-refractivity contribution < 1.29 is 4.79 Å². The molecule has 1 N–H and O–H groups in total. The zero-order valence-electron chi connectivity index (χ0n) is 5.09. The predicted octanol–water partition coefficient (Wildman–Crippen LogP) is 0.287. The molecule has 0 aliphatic rings. The van der Waals surface area contributed by atoms with Crippen molar-refractivity contribution in [2.75, 3.05) is 13.1 Å². The Labute approximate surface area is 49.3 Å². The minimum atomic E-state index is 0.796. The van der Waals surface area contributed by atoms with E-state index in [0.29, 0.717) is 0 Å². The van der Waals surface area contributed by atoms with Gasteiger partial charge in [0.2, 0.25) is 0 Å². The van der Waals surface area contributed by atoms with Crippen molar-refractivity contribution in [3.63, 3.8) is 0 Å². The fourth-order valence-electron chi connectivity index (χ4n) is 0.401. The quantitative estimate of drug-likeness (QED) is 0.242. The van der Waals surface area contributed by atoms with Crippen LogP contribution in [0.1, 0.15) is 13.3 Å². The molecule has 3 nitrogen and oxygen atoms in total. The molecule has 0 fully saturated rings. The van der Waals surface area contributed by atoms with Gasteiger partial charge in [0, 0.05) is 6.54 Å². The molecule has 0 aromatic rings. The van der Waals surface area contributed by atoms with Crippen LogP contribution in [-0.2, 0) is 0 Å². The summed E-state index contributed by atoms with van der Waals surface area (Å²) in [6, 6.07) is 0. The van der Waals surface area contributed by atoms with Crippen molar-refractivity contribution >= 4 is 6.21 Å². The first-order chi connectivity index (χ1) is 3.91. The lowest BCUT2D eigenvalue weighted by Crippen LogP contribution is -2.14. The summed E-state index contributed by atoms with van der Waals surface area (Å²) >= 11 is 0. The number of hydrogen-bond donors (Lipinski definition) is 1. The summed E-state index contributed by atoms with van der Waals surface area (Å²) in [6.45, 7) is 3.90. The van der Waals surface area contributed by atoms with Gasteiger partial charge >= 0.3 is 0 Å². The van der Waals surface area contributed by atoms with E-state index in [4.69, 9.17) is 5.53 Å². The number of nitrogens with one attached hydrogen (secondary N) is 1. The van der Waals surface area contributed by atoms with Crippen LogP contribution < -0.4 is 5.32 Å². The van der Waals surface area contributed by atoms with E-state index in [2.05, 4.69) is 10.1 Å². The zero-order valence-corrected chi connectivity index (χ0v) is 5.09. The van der Waals surface area contributed by atoms with Gasteiger partial charge < -0.3 is 10.8 Å². The van der Waals surface area contributed by atoms with Gasteiger partial charge in [0.15, 0.2) is 0 Å². The number of hydrogen-bond acceptors (Lipinski definition) is 1. The molecule has 0 heterocycles. The average Bonchev–Trinajstić information content (AvgIpc) is 1.81. The van der Waals surface area contributed by atoms with E-state index in [-0.39, 0.29) is 0 Å². The van der Waals surface area contributed by atoms with Gasteiger partial charge in [-0.25, -0.2) is 0 Å². The van der Waals surface area contributed by atoms with Crippen molar-refractivity contribution in [1.29, 1.82) is 0 Å². The molecule has 3 heteroatoms. The molecule has 0 saturated carbocycles. The fraction of sp³-hybridized carbons (Fsp3) is 0.800. The first kappa shape index (κ1) is 7.34. The molecule has 0 aliphatic heterocycles. The van der Waals surface area contributed by atoms with Crippen molar-refractivity contribution in [2.24, 2.45) is 0 Å². The van der Waals surface area contributed by atoms with Gasteiger partial charge in [-0.3, -0.25) is 0 Å². The second kappa shape index (κ2) is 6.34. The Kier molecular flexibility index (Phi) is 5.82. The van der Waals surface area contributed by atoms with Crippen LogP contribution in [0.15, 0.2) is 0 Å². The van der Waals surface area contributed by atoms with Crippen LogP contribution in [0.3, 0.4) is 0 Å². The molecule has 8 heavy (non-hydrogen) atoms. The summed E-state index contributed by atoms with van der Waals surface area (Å²) in [5.41, 5.74) is 7.91. The monoisotopic (exact) mass is 113 g/mol. The smallest absolute Gasteiger partial charge is 0.258 e. The molecular weight excluding hydrogens is 102 g/mol. The molecule has 0 amide bonds. The molecule has 0 bridgehead atoms. The lowest BCUT2D eigenvalue weighted by Gasteiger charge is -1.90. The summed E-state index contributed by atoms with van der Waals surface area (Å²) in [5, 5.41) is 3.08. The third-order valence-electron chi connectivity index (χ3n) is 0.782. The summed E-state index contributed by atoms with van der Waals surface area (Å²) < 4.78 is 0. The SMILES string of the molecule is CCNCCC=[N+]=[N-]. The molecule has 0 atom stereocenters. The Bertz CT molecular complexity index is 83.7. The second-order valence-electron chi connectivity index (χ2n) is 1.44. The molecule has 0 saturated heterocycles. The molecule has 0 aromatic heterocycles. The van der Waals surface area contributed by atoms with E-state index in [1.54, 1.807) is 0 Å². The van der Waals surface area contributed by atoms with Crippen LogP contribution in [-0.4, -0.2) is 24.1 Å². The van der Waals surface area contributed by atoms with Crippen LogP contribution >= 0.6 is 0 Å². The van der Waals surface area contributed by atoms with E-state index in [1.807, 2.05) is 6.92 Å². The summed E-state index contributed by atoms with van der Waals surface area (Å²) in [6.07, 6.45) is 2.27. The van der Waals surface area contributed by atoms with Gasteiger partial charge in [-0.05, 0) is 6.54 Å². The maximum atomic E-state index is 7.91. The normalized spacial score (nSPS) is 8.12. The van der Waals surface area contributed by atoms with Crippen molar-refractivity contribution in [3.05, 3.63) is 5.53 Å². The van der Waals surface area contributed by atoms with Crippen molar-refractivity contribution in [1.82, 2.24) is 5.32 Å². The van der Waals surface area contributed by atoms with Crippen LogP contribution in [0.25, 0.3) is 5.53 Å². The highest BCUT2D eigenvalue weighted by Crippen LogP contribution is 1.64. The summed E-state index contributed by atoms with van der Waals surface area (Å²) in [5.74, 6) is 0. The summed E-state index contributed by atoms with van der Waals surface area (Å²) in [4.78, 5) is 2.84. The van der Waals surface area contributed by atoms with Crippen molar-refractivity contribution in [3.8, 4) is 0 Å². The van der Waals surface area contributed by atoms with Gasteiger partial charge in [-0.15, -0.1) is 0 Å².